The van der Waals surface area contributed by atoms with Crippen LogP contribution in [0.15, 0.2) is 42.5 Å². The monoisotopic (exact) mass is 246 g/mol. The van der Waals surface area contributed by atoms with Crippen molar-refractivity contribution >= 4 is 11.6 Å². The maximum Gasteiger partial charge on any atom is 0.119 e. The van der Waals surface area contributed by atoms with Gasteiger partial charge in [0.15, 0.2) is 0 Å². The molecule has 2 heteroatoms. The van der Waals surface area contributed by atoms with Crippen LogP contribution in [0.3, 0.4) is 0 Å². The van der Waals surface area contributed by atoms with E-state index < -0.39 is 0 Å². The van der Waals surface area contributed by atoms with Crippen molar-refractivity contribution in [2.75, 3.05) is 0 Å². The van der Waals surface area contributed by atoms with Crippen LogP contribution in [0.25, 0.3) is 0 Å². The van der Waals surface area contributed by atoms with E-state index in [9.17, 15) is 0 Å². The molecule has 0 atom stereocenters. The van der Waals surface area contributed by atoms with E-state index in [0.29, 0.717) is 6.61 Å². The van der Waals surface area contributed by atoms with E-state index >= 15 is 0 Å². The zero-order valence-electron chi connectivity index (χ0n) is 10.0. The first-order valence-corrected chi connectivity index (χ1v) is 5.97. The van der Waals surface area contributed by atoms with Gasteiger partial charge in [0.2, 0.25) is 0 Å². The summed E-state index contributed by atoms with van der Waals surface area (Å²) < 4.78 is 5.70. The SMILES string of the molecule is Cc1ccc(OCc2cc(C)cc(Cl)c2)cc1. The lowest BCUT2D eigenvalue weighted by Gasteiger charge is -2.07. The Morgan fingerprint density at radius 1 is 0.941 bits per heavy atom. The van der Waals surface area contributed by atoms with Crippen LogP contribution in [0.2, 0.25) is 5.02 Å². The van der Waals surface area contributed by atoms with Gasteiger partial charge in [-0.1, -0.05) is 35.4 Å². The van der Waals surface area contributed by atoms with Crippen LogP contribution in [0, 0.1) is 13.8 Å². The predicted octanol–water partition coefficient (Wildman–Crippen LogP) is 4.54. The van der Waals surface area contributed by atoms with Gasteiger partial charge in [0, 0.05) is 5.02 Å². The third-order valence-electron chi connectivity index (χ3n) is 2.53. The van der Waals surface area contributed by atoms with Crippen molar-refractivity contribution in [1.29, 1.82) is 0 Å². The summed E-state index contributed by atoms with van der Waals surface area (Å²) in [6, 6.07) is 14.0. The Kier molecular flexibility index (Phi) is 3.70. The average Bonchev–Trinajstić information content (AvgIpc) is 2.27. The number of rotatable bonds is 3. The second kappa shape index (κ2) is 5.24. The van der Waals surface area contributed by atoms with Crippen molar-refractivity contribution in [3.8, 4) is 5.75 Å². The standard InChI is InChI=1S/C15H15ClO/c1-11-3-5-15(6-4-11)17-10-13-7-12(2)8-14(16)9-13/h3-9H,10H2,1-2H3. The topological polar surface area (TPSA) is 9.23 Å². The van der Waals surface area contributed by atoms with E-state index in [1.807, 2.05) is 43.3 Å². The van der Waals surface area contributed by atoms with E-state index in [0.717, 1.165) is 21.9 Å². The van der Waals surface area contributed by atoms with E-state index in [2.05, 4.69) is 13.0 Å². The summed E-state index contributed by atoms with van der Waals surface area (Å²) in [5, 5.41) is 0.757. The van der Waals surface area contributed by atoms with Crippen LogP contribution in [0.1, 0.15) is 16.7 Å². The second-order valence-corrected chi connectivity index (χ2v) is 4.67. The van der Waals surface area contributed by atoms with Crippen LogP contribution in [-0.4, -0.2) is 0 Å². The Labute approximate surface area is 107 Å². The summed E-state index contributed by atoms with van der Waals surface area (Å²) >= 11 is 6.00. The molecule has 0 unspecified atom stereocenters. The molecule has 0 spiro atoms. The van der Waals surface area contributed by atoms with Gasteiger partial charge >= 0.3 is 0 Å². The van der Waals surface area contributed by atoms with Gasteiger partial charge in [0.1, 0.15) is 12.4 Å². The molecule has 17 heavy (non-hydrogen) atoms. The first kappa shape index (κ1) is 12.0. The van der Waals surface area contributed by atoms with Crippen LogP contribution in [-0.2, 0) is 6.61 Å². The molecule has 1 nitrogen and oxygen atoms in total. The molecule has 0 aliphatic carbocycles. The molecule has 0 amide bonds. The number of ether oxygens (including phenoxy) is 1. The molecular weight excluding hydrogens is 232 g/mol. The van der Waals surface area contributed by atoms with Crippen LogP contribution in [0.4, 0.5) is 0 Å². The van der Waals surface area contributed by atoms with E-state index in [1.165, 1.54) is 5.56 Å². The lowest BCUT2D eigenvalue weighted by Crippen LogP contribution is -1.95. The third-order valence-corrected chi connectivity index (χ3v) is 2.75. The summed E-state index contributed by atoms with van der Waals surface area (Å²) in [7, 11) is 0. The quantitative estimate of drug-likeness (QED) is 0.773. The molecule has 2 aromatic carbocycles. The number of hydrogen-bond acceptors (Lipinski definition) is 1. The van der Waals surface area contributed by atoms with Crippen molar-refractivity contribution in [2.45, 2.75) is 20.5 Å². The summed E-state index contributed by atoms with van der Waals surface area (Å²) in [6.07, 6.45) is 0. The smallest absolute Gasteiger partial charge is 0.119 e. The fourth-order valence-electron chi connectivity index (χ4n) is 1.70. The zero-order valence-corrected chi connectivity index (χ0v) is 10.8. The van der Waals surface area contributed by atoms with Gasteiger partial charge in [-0.3, -0.25) is 0 Å². The minimum absolute atomic E-state index is 0.546. The second-order valence-electron chi connectivity index (χ2n) is 4.24. The van der Waals surface area contributed by atoms with E-state index in [-0.39, 0.29) is 0 Å². The van der Waals surface area contributed by atoms with Crippen molar-refractivity contribution in [2.24, 2.45) is 0 Å². The molecule has 2 aromatic rings. The summed E-state index contributed by atoms with van der Waals surface area (Å²) in [5.41, 5.74) is 3.48. The van der Waals surface area contributed by atoms with Crippen LogP contribution < -0.4 is 4.74 Å². The highest BCUT2D eigenvalue weighted by molar-refractivity contribution is 6.30. The highest BCUT2D eigenvalue weighted by atomic mass is 35.5. The fraction of sp³-hybridized carbons (Fsp3) is 0.200. The van der Waals surface area contributed by atoms with Gasteiger partial charge in [0.05, 0.1) is 0 Å². The van der Waals surface area contributed by atoms with Gasteiger partial charge in [-0.05, 0) is 49.2 Å². The molecular formula is C15H15ClO. The Hall–Kier alpha value is -1.47. The van der Waals surface area contributed by atoms with Crippen LogP contribution >= 0.6 is 11.6 Å². The molecule has 0 radical (unpaired) electrons. The highest BCUT2D eigenvalue weighted by Gasteiger charge is 1.99. The molecule has 0 N–H and O–H groups in total. The minimum atomic E-state index is 0.546. The van der Waals surface area contributed by atoms with Gasteiger partial charge in [-0.15, -0.1) is 0 Å². The first-order chi connectivity index (χ1) is 8.13. The predicted molar refractivity (Wildman–Crippen MR) is 71.7 cm³/mol. The van der Waals surface area contributed by atoms with Gasteiger partial charge in [-0.25, -0.2) is 0 Å². The van der Waals surface area contributed by atoms with Crippen LogP contribution in [0.5, 0.6) is 5.75 Å². The maximum absolute atomic E-state index is 6.00. The van der Waals surface area contributed by atoms with Gasteiger partial charge in [-0.2, -0.15) is 0 Å². The number of hydrogen-bond donors (Lipinski definition) is 0. The summed E-state index contributed by atoms with van der Waals surface area (Å²) in [4.78, 5) is 0. The van der Waals surface area contributed by atoms with E-state index in [1.54, 1.807) is 0 Å². The molecule has 0 saturated carbocycles. The molecule has 0 aromatic heterocycles. The zero-order chi connectivity index (χ0) is 12.3. The lowest BCUT2D eigenvalue weighted by atomic mass is 10.1. The molecule has 0 fully saturated rings. The molecule has 88 valence electrons. The van der Waals surface area contributed by atoms with Gasteiger partial charge in [0.25, 0.3) is 0 Å². The summed E-state index contributed by atoms with van der Waals surface area (Å²) in [5.74, 6) is 0.883. The van der Waals surface area contributed by atoms with Crippen molar-refractivity contribution in [1.82, 2.24) is 0 Å². The molecule has 2 rings (SSSR count). The highest BCUT2D eigenvalue weighted by Crippen LogP contribution is 2.17. The Morgan fingerprint density at radius 3 is 2.29 bits per heavy atom. The maximum atomic E-state index is 6.00. The normalized spacial score (nSPS) is 10.3. The Bertz CT molecular complexity index is 483. The summed E-state index contributed by atoms with van der Waals surface area (Å²) in [6.45, 7) is 4.63. The lowest BCUT2D eigenvalue weighted by molar-refractivity contribution is 0.306. The molecule has 0 saturated heterocycles. The number of aryl methyl sites for hydroxylation is 2. The fourth-order valence-corrected chi connectivity index (χ4v) is 2.01. The Morgan fingerprint density at radius 2 is 1.65 bits per heavy atom. The van der Waals surface area contributed by atoms with Crippen molar-refractivity contribution in [3.63, 3.8) is 0 Å². The molecule has 0 bridgehead atoms. The molecule has 0 aliphatic rings. The van der Waals surface area contributed by atoms with Crippen molar-refractivity contribution in [3.05, 3.63) is 64.2 Å². The molecule has 0 heterocycles. The third kappa shape index (κ3) is 3.50. The van der Waals surface area contributed by atoms with Crippen molar-refractivity contribution < 1.29 is 4.74 Å². The first-order valence-electron chi connectivity index (χ1n) is 5.59. The minimum Gasteiger partial charge on any atom is -0.489 e. The van der Waals surface area contributed by atoms with Gasteiger partial charge < -0.3 is 4.74 Å². The number of benzene rings is 2. The average molecular weight is 247 g/mol. The largest absolute Gasteiger partial charge is 0.489 e. The molecule has 0 aliphatic heterocycles. The number of halogens is 1. The Balaban J connectivity index is 2.04. The van der Waals surface area contributed by atoms with E-state index in [4.69, 9.17) is 16.3 Å².